The maximum absolute atomic E-state index is 11.7. The van der Waals surface area contributed by atoms with Crippen molar-refractivity contribution in [2.24, 2.45) is 5.92 Å². The topological polar surface area (TPSA) is 64.3 Å². The van der Waals surface area contributed by atoms with Crippen LogP contribution in [-0.4, -0.2) is 19.6 Å². The first-order valence-electron chi connectivity index (χ1n) is 5.26. The van der Waals surface area contributed by atoms with Crippen molar-refractivity contribution in [2.45, 2.75) is 13.8 Å². The Morgan fingerprint density at radius 2 is 2.19 bits per heavy atom. The van der Waals surface area contributed by atoms with Crippen molar-refractivity contribution in [3.63, 3.8) is 0 Å². The number of carbonyl (C=O) groups is 1. The predicted molar refractivity (Wildman–Crippen MR) is 64.6 cm³/mol. The van der Waals surface area contributed by atoms with Gasteiger partial charge in [-0.2, -0.15) is 0 Å². The van der Waals surface area contributed by atoms with Gasteiger partial charge in [-0.3, -0.25) is 4.79 Å². The first kappa shape index (κ1) is 12.4. The summed E-state index contributed by atoms with van der Waals surface area (Å²) in [5.74, 6) is 0.851. The van der Waals surface area contributed by atoms with Gasteiger partial charge < -0.3 is 15.8 Å². The second-order valence-electron chi connectivity index (χ2n) is 4.06. The number of methoxy groups -OCH3 is 1. The maximum atomic E-state index is 11.7. The van der Waals surface area contributed by atoms with Crippen LogP contribution in [0, 0.1) is 5.92 Å². The number of anilines is 1. The standard InChI is InChI=1S/C12H18N2O2/c1-8(2)7-14-12(15)9-4-5-10(13)11(6-9)16-3/h4-6,8H,7,13H2,1-3H3,(H,14,15). The lowest BCUT2D eigenvalue weighted by molar-refractivity contribution is 0.0948. The lowest BCUT2D eigenvalue weighted by atomic mass is 10.1. The molecule has 0 saturated carbocycles. The number of benzene rings is 1. The molecule has 4 nitrogen and oxygen atoms in total. The summed E-state index contributed by atoms with van der Waals surface area (Å²) in [6.07, 6.45) is 0. The number of nitrogens with one attached hydrogen (secondary N) is 1. The third-order valence-corrected chi connectivity index (χ3v) is 2.17. The third-order valence-electron chi connectivity index (χ3n) is 2.17. The normalized spacial score (nSPS) is 10.2. The summed E-state index contributed by atoms with van der Waals surface area (Å²) in [5, 5.41) is 2.83. The van der Waals surface area contributed by atoms with E-state index in [0.29, 0.717) is 29.5 Å². The van der Waals surface area contributed by atoms with Gasteiger partial charge in [-0.25, -0.2) is 0 Å². The SMILES string of the molecule is COc1cc(C(=O)NCC(C)C)ccc1N. The van der Waals surface area contributed by atoms with Crippen LogP contribution in [0.5, 0.6) is 5.75 Å². The van der Waals surface area contributed by atoms with Gasteiger partial charge in [-0.15, -0.1) is 0 Å². The molecule has 0 aliphatic carbocycles. The van der Waals surface area contributed by atoms with Gasteiger partial charge in [-0.1, -0.05) is 13.8 Å². The number of hydrogen-bond donors (Lipinski definition) is 2. The van der Waals surface area contributed by atoms with E-state index >= 15 is 0 Å². The summed E-state index contributed by atoms with van der Waals surface area (Å²) >= 11 is 0. The summed E-state index contributed by atoms with van der Waals surface area (Å²) in [6, 6.07) is 5.00. The van der Waals surface area contributed by atoms with Gasteiger partial charge in [0.2, 0.25) is 0 Å². The highest BCUT2D eigenvalue weighted by Gasteiger charge is 2.08. The number of rotatable bonds is 4. The Hall–Kier alpha value is -1.71. The van der Waals surface area contributed by atoms with Crippen molar-refractivity contribution in [2.75, 3.05) is 19.4 Å². The van der Waals surface area contributed by atoms with Gasteiger partial charge in [0.25, 0.3) is 5.91 Å². The molecule has 0 atom stereocenters. The Kier molecular flexibility index (Phi) is 4.17. The minimum atomic E-state index is -0.105. The van der Waals surface area contributed by atoms with E-state index in [1.54, 1.807) is 18.2 Å². The van der Waals surface area contributed by atoms with E-state index in [2.05, 4.69) is 5.32 Å². The summed E-state index contributed by atoms with van der Waals surface area (Å²) in [7, 11) is 1.53. The van der Waals surface area contributed by atoms with Gasteiger partial charge in [0, 0.05) is 12.1 Å². The Morgan fingerprint density at radius 3 is 2.75 bits per heavy atom. The second kappa shape index (κ2) is 5.39. The highest BCUT2D eigenvalue weighted by Crippen LogP contribution is 2.21. The molecule has 0 radical (unpaired) electrons. The van der Waals surface area contributed by atoms with Crippen LogP contribution in [0.3, 0.4) is 0 Å². The van der Waals surface area contributed by atoms with Crippen LogP contribution in [-0.2, 0) is 0 Å². The van der Waals surface area contributed by atoms with Crippen LogP contribution in [0.25, 0.3) is 0 Å². The monoisotopic (exact) mass is 222 g/mol. The van der Waals surface area contributed by atoms with Crippen molar-refractivity contribution in [3.05, 3.63) is 23.8 Å². The van der Waals surface area contributed by atoms with E-state index in [0.717, 1.165) is 0 Å². The molecule has 3 N–H and O–H groups in total. The smallest absolute Gasteiger partial charge is 0.251 e. The number of amides is 1. The first-order valence-corrected chi connectivity index (χ1v) is 5.26. The summed E-state index contributed by atoms with van der Waals surface area (Å²) in [6.45, 7) is 4.75. The molecule has 1 rings (SSSR count). The fraction of sp³-hybridized carbons (Fsp3) is 0.417. The molecule has 4 heteroatoms. The largest absolute Gasteiger partial charge is 0.495 e. The van der Waals surface area contributed by atoms with Crippen LogP contribution in [0.15, 0.2) is 18.2 Å². The molecular formula is C12H18N2O2. The molecule has 1 aromatic rings. The van der Waals surface area contributed by atoms with Gasteiger partial charge in [0.1, 0.15) is 5.75 Å². The van der Waals surface area contributed by atoms with E-state index < -0.39 is 0 Å². The van der Waals surface area contributed by atoms with E-state index in [4.69, 9.17) is 10.5 Å². The minimum Gasteiger partial charge on any atom is -0.495 e. The van der Waals surface area contributed by atoms with Crippen LogP contribution in [0.4, 0.5) is 5.69 Å². The zero-order valence-corrected chi connectivity index (χ0v) is 9.91. The number of ether oxygens (including phenoxy) is 1. The van der Waals surface area contributed by atoms with Crippen molar-refractivity contribution in [1.29, 1.82) is 0 Å². The maximum Gasteiger partial charge on any atom is 0.251 e. The molecule has 0 aliphatic rings. The van der Waals surface area contributed by atoms with Crippen LogP contribution in [0.2, 0.25) is 0 Å². The number of hydrogen-bond acceptors (Lipinski definition) is 3. The molecule has 0 saturated heterocycles. The van der Waals surface area contributed by atoms with Gasteiger partial charge >= 0.3 is 0 Å². The molecule has 0 aliphatic heterocycles. The number of nitrogen functional groups attached to an aromatic ring is 1. The van der Waals surface area contributed by atoms with E-state index in [1.165, 1.54) is 7.11 Å². The zero-order chi connectivity index (χ0) is 12.1. The van der Waals surface area contributed by atoms with Gasteiger partial charge in [-0.05, 0) is 24.1 Å². The van der Waals surface area contributed by atoms with Crippen molar-refractivity contribution >= 4 is 11.6 Å². The molecule has 0 aromatic heterocycles. The quantitative estimate of drug-likeness (QED) is 0.761. The van der Waals surface area contributed by atoms with E-state index in [1.807, 2.05) is 13.8 Å². The summed E-state index contributed by atoms with van der Waals surface area (Å²) < 4.78 is 5.06. The van der Waals surface area contributed by atoms with E-state index in [9.17, 15) is 4.79 Å². The number of carbonyl (C=O) groups excluding carboxylic acids is 1. The van der Waals surface area contributed by atoms with Crippen LogP contribution >= 0.6 is 0 Å². The van der Waals surface area contributed by atoms with Gasteiger partial charge in [0.15, 0.2) is 0 Å². The minimum absolute atomic E-state index is 0.105. The summed E-state index contributed by atoms with van der Waals surface area (Å²) in [5.41, 5.74) is 6.76. The predicted octanol–water partition coefficient (Wildman–Crippen LogP) is 1.66. The Balaban J connectivity index is 2.76. The molecule has 88 valence electrons. The van der Waals surface area contributed by atoms with Gasteiger partial charge in [0.05, 0.1) is 12.8 Å². The third kappa shape index (κ3) is 3.15. The van der Waals surface area contributed by atoms with E-state index in [-0.39, 0.29) is 5.91 Å². The molecular weight excluding hydrogens is 204 g/mol. The van der Waals surface area contributed by atoms with Crippen LogP contribution < -0.4 is 15.8 Å². The molecule has 1 aromatic carbocycles. The highest BCUT2D eigenvalue weighted by molar-refractivity contribution is 5.95. The number of nitrogens with two attached hydrogens (primary N) is 1. The van der Waals surface area contributed by atoms with Crippen molar-refractivity contribution in [3.8, 4) is 5.75 Å². The Bertz CT molecular complexity index is 375. The van der Waals surface area contributed by atoms with Crippen molar-refractivity contribution < 1.29 is 9.53 Å². The Morgan fingerprint density at radius 1 is 1.50 bits per heavy atom. The Labute approximate surface area is 95.8 Å². The molecule has 0 fully saturated rings. The molecule has 0 unspecified atom stereocenters. The lowest BCUT2D eigenvalue weighted by Crippen LogP contribution is -2.27. The first-order chi connectivity index (χ1) is 7.54. The molecule has 0 spiro atoms. The molecule has 1 amide bonds. The molecule has 0 bridgehead atoms. The lowest BCUT2D eigenvalue weighted by Gasteiger charge is -2.09. The second-order valence-corrected chi connectivity index (χ2v) is 4.06. The average molecular weight is 222 g/mol. The highest BCUT2D eigenvalue weighted by atomic mass is 16.5. The molecule has 16 heavy (non-hydrogen) atoms. The van der Waals surface area contributed by atoms with Crippen molar-refractivity contribution in [1.82, 2.24) is 5.32 Å². The zero-order valence-electron chi connectivity index (χ0n) is 9.91. The average Bonchev–Trinajstić information content (AvgIpc) is 2.26. The fourth-order valence-electron chi connectivity index (χ4n) is 1.25. The fourth-order valence-corrected chi connectivity index (χ4v) is 1.25. The molecule has 0 heterocycles. The van der Waals surface area contributed by atoms with Crippen LogP contribution in [0.1, 0.15) is 24.2 Å². The summed E-state index contributed by atoms with van der Waals surface area (Å²) in [4.78, 5) is 11.7.